The van der Waals surface area contributed by atoms with E-state index in [2.05, 4.69) is 38.0 Å². The highest BCUT2D eigenvalue weighted by molar-refractivity contribution is 5.78. The molecule has 4 nitrogen and oxygen atoms in total. The van der Waals surface area contributed by atoms with Gasteiger partial charge in [-0.3, -0.25) is 15.1 Å². The standard InChI is InChI=1S/C10H23N3O/c1-6-13(7(2)3)9(5)8(4)10(14)12-11/h7-9H,6,11H2,1-5H3,(H,12,14). The fourth-order valence-corrected chi connectivity index (χ4v) is 1.76. The molecule has 0 aliphatic rings. The summed E-state index contributed by atoms with van der Waals surface area (Å²) in [6.07, 6.45) is 0. The van der Waals surface area contributed by atoms with E-state index < -0.39 is 0 Å². The van der Waals surface area contributed by atoms with E-state index in [4.69, 9.17) is 5.84 Å². The molecular weight excluding hydrogens is 178 g/mol. The summed E-state index contributed by atoms with van der Waals surface area (Å²) >= 11 is 0. The maximum absolute atomic E-state index is 11.3. The quantitative estimate of drug-likeness (QED) is 0.392. The van der Waals surface area contributed by atoms with Crippen LogP contribution in [0.15, 0.2) is 0 Å². The number of nitrogens with one attached hydrogen (secondary N) is 1. The zero-order chi connectivity index (χ0) is 11.3. The van der Waals surface area contributed by atoms with Crippen LogP contribution in [0.2, 0.25) is 0 Å². The Kier molecular flexibility index (Phi) is 5.72. The highest BCUT2D eigenvalue weighted by Gasteiger charge is 2.25. The second-order valence-corrected chi connectivity index (χ2v) is 3.96. The largest absolute Gasteiger partial charge is 0.298 e. The van der Waals surface area contributed by atoms with Crippen LogP contribution in [0.25, 0.3) is 0 Å². The van der Waals surface area contributed by atoms with E-state index in [1.165, 1.54) is 0 Å². The minimum atomic E-state index is -0.100. The summed E-state index contributed by atoms with van der Waals surface area (Å²) < 4.78 is 0. The number of nitrogens with zero attached hydrogens (tertiary/aromatic N) is 1. The van der Waals surface area contributed by atoms with E-state index in [1.54, 1.807) is 0 Å². The second kappa shape index (κ2) is 5.98. The monoisotopic (exact) mass is 201 g/mol. The molecule has 14 heavy (non-hydrogen) atoms. The summed E-state index contributed by atoms with van der Waals surface area (Å²) in [6, 6.07) is 0.659. The van der Waals surface area contributed by atoms with Gasteiger partial charge in [-0.2, -0.15) is 0 Å². The fourth-order valence-electron chi connectivity index (χ4n) is 1.76. The van der Waals surface area contributed by atoms with Crippen molar-refractivity contribution in [2.45, 2.75) is 46.7 Å². The molecular formula is C10H23N3O. The van der Waals surface area contributed by atoms with Crippen LogP contribution in [-0.4, -0.2) is 29.4 Å². The molecule has 4 heteroatoms. The number of nitrogens with two attached hydrogens (primary N) is 1. The van der Waals surface area contributed by atoms with Crippen molar-refractivity contribution in [2.75, 3.05) is 6.54 Å². The van der Waals surface area contributed by atoms with Crippen LogP contribution in [0.4, 0.5) is 0 Å². The number of hydrazine groups is 1. The van der Waals surface area contributed by atoms with E-state index in [1.807, 2.05) is 6.92 Å². The molecule has 2 unspecified atom stereocenters. The SMILES string of the molecule is CCN(C(C)C)C(C)C(C)C(=O)NN. The van der Waals surface area contributed by atoms with Gasteiger partial charge < -0.3 is 0 Å². The Morgan fingerprint density at radius 3 is 2.14 bits per heavy atom. The Morgan fingerprint density at radius 1 is 1.36 bits per heavy atom. The van der Waals surface area contributed by atoms with Crippen LogP contribution in [0.5, 0.6) is 0 Å². The molecule has 0 saturated heterocycles. The zero-order valence-corrected chi connectivity index (χ0v) is 9.87. The van der Waals surface area contributed by atoms with Gasteiger partial charge in [0.05, 0.1) is 5.92 Å². The number of rotatable bonds is 5. The van der Waals surface area contributed by atoms with Gasteiger partial charge >= 0.3 is 0 Å². The highest BCUT2D eigenvalue weighted by atomic mass is 16.2. The van der Waals surface area contributed by atoms with Crippen LogP contribution < -0.4 is 11.3 Å². The van der Waals surface area contributed by atoms with Crippen molar-refractivity contribution >= 4 is 5.91 Å². The first-order valence-corrected chi connectivity index (χ1v) is 5.21. The molecule has 84 valence electrons. The summed E-state index contributed by atoms with van der Waals surface area (Å²) in [7, 11) is 0. The minimum absolute atomic E-state index is 0.0812. The van der Waals surface area contributed by atoms with E-state index in [-0.39, 0.29) is 17.9 Å². The lowest BCUT2D eigenvalue weighted by Crippen LogP contribution is -2.48. The lowest BCUT2D eigenvalue weighted by atomic mass is 10.00. The first-order valence-electron chi connectivity index (χ1n) is 5.21. The molecule has 0 aromatic rings. The Balaban J connectivity index is 4.41. The van der Waals surface area contributed by atoms with Gasteiger partial charge in [-0.25, -0.2) is 5.84 Å². The van der Waals surface area contributed by atoms with Gasteiger partial charge in [0.25, 0.3) is 0 Å². The molecule has 0 spiro atoms. The predicted molar refractivity (Wildman–Crippen MR) is 58.5 cm³/mol. The van der Waals surface area contributed by atoms with Gasteiger partial charge in [-0.1, -0.05) is 13.8 Å². The van der Waals surface area contributed by atoms with Gasteiger partial charge in [0.1, 0.15) is 0 Å². The molecule has 0 fully saturated rings. The van der Waals surface area contributed by atoms with Crippen molar-refractivity contribution in [3.63, 3.8) is 0 Å². The molecule has 0 radical (unpaired) electrons. The topological polar surface area (TPSA) is 58.4 Å². The van der Waals surface area contributed by atoms with Crippen molar-refractivity contribution in [3.05, 3.63) is 0 Å². The average Bonchev–Trinajstić information content (AvgIpc) is 2.15. The molecule has 3 N–H and O–H groups in total. The van der Waals surface area contributed by atoms with Crippen LogP contribution in [-0.2, 0) is 4.79 Å². The third-order valence-electron chi connectivity index (χ3n) is 2.83. The molecule has 0 aromatic heterocycles. The third kappa shape index (κ3) is 3.27. The van der Waals surface area contributed by atoms with Crippen molar-refractivity contribution in [1.82, 2.24) is 10.3 Å². The maximum atomic E-state index is 11.3. The lowest BCUT2D eigenvalue weighted by molar-refractivity contribution is -0.126. The number of amides is 1. The van der Waals surface area contributed by atoms with Gasteiger partial charge in [0.15, 0.2) is 0 Å². The third-order valence-corrected chi connectivity index (χ3v) is 2.83. The maximum Gasteiger partial charge on any atom is 0.238 e. The van der Waals surface area contributed by atoms with Crippen LogP contribution in [0, 0.1) is 5.92 Å². The molecule has 0 aromatic carbocycles. The van der Waals surface area contributed by atoms with Gasteiger partial charge in [-0.05, 0) is 27.3 Å². The molecule has 0 heterocycles. The number of hydrogen-bond acceptors (Lipinski definition) is 3. The van der Waals surface area contributed by atoms with Gasteiger partial charge in [0.2, 0.25) is 5.91 Å². The lowest BCUT2D eigenvalue weighted by Gasteiger charge is -2.34. The molecule has 0 aliphatic carbocycles. The summed E-state index contributed by atoms with van der Waals surface area (Å²) in [5.41, 5.74) is 2.20. The fraction of sp³-hybridized carbons (Fsp3) is 0.900. The zero-order valence-electron chi connectivity index (χ0n) is 9.87. The van der Waals surface area contributed by atoms with E-state index in [0.717, 1.165) is 6.54 Å². The first kappa shape index (κ1) is 13.4. The Bertz CT molecular complexity index is 182. The van der Waals surface area contributed by atoms with Crippen molar-refractivity contribution in [1.29, 1.82) is 0 Å². The first-order chi connectivity index (χ1) is 6.45. The molecule has 0 rings (SSSR count). The van der Waals surface area contributed by atoms with E-state index in [0.29, 0.717) is 6.04 Å². The smallest absolute Gasteiger partial charge is 0.238 e. The summed E-state index contributed by atoms with van der Waals surface area (Å²) in [5.74, 6) is 4.93. The number of hydrogen-bond donors (Lipinski definition) is 2. The molecule has 1 amide bonds. The van der Waals surface area contributed by atoms with Crippen LogP contribution >= 0.6 is 0 Å². The minimum Gasteiger partial charge on any atom is -0.298 e. The summed E-state index contributed by atoms with van der Waals surface area (Å²) in [6.45, 7) is 11.3. The summed E-state index contributed by atoms with van der Waals surface area (Å²) in [4.78, 5) is 13.6. The van der Waals surface area contributed by atoms with Crippen LogP contribution in [0.3, 0.4) is 0 Å². The Labute approximate surface area is 86.8 Å². The Hall–Kier alpha value is -0.610. The number of carbonyl (C=O) groups excluding carboxylic acids is 1. The van der Waals surface area contributed by atoms with Crippen molar-refractivity contribution in [3.8, 4) is 0 Å². The second-order valence-electron chi connectivity index (χ2n) is 3.96. The van der Waals surface area contributed by atoms with Gasteiger partial charge in [-0.15, -0.1) is 0 Å². The van der Waals surface area contributed by atoms with Gasteiger partial charge in [0, 0.05) is 12.1 Å². The molecule has 0 bridgehead atoms. The van der Waals surface area contributed by atoms with Crippen molar-refractivity contribution < 1.29 is 4.79 Å². The normalized spacial score (nSPS) is 15.7. The predicted octanol–water partition coefficient (Wildman–Crippen LogP) is 0.731. The van der Waals surface area contributed by atoms with Crippen molar-refractivity contribution in [2.24, 2.45) is 11.8 Å². The van der Waals surface area contributed by atoms with E-state index in [9.17, 15) is 4.79 Å². The Morgan fingerprint density at radius 2 is 1.86 bits per heavy atom. The molecule has 0 aliphatic heterocycles. The van der Waals surface area contributed by atoms with Crippen LogP contribution in [0.1, 0.15) is 34.6 Å². The highest BCUT2D eigenvalue weighted by Crippen LogP contribution is 2.13. The van der Waals surface area contributed by atoms with E-state index >= 15 is 0 Å². The molecule has 2 atom stereocenters. The average molecular weight is 201 g/mol. The number of carbonyl (C=O) groups is 1. The summed E-state index contributed by atoms with van der Waals surface area (Å²) in [5, 5.41) is 0. The molecule has 0 saturated carbocycles.